The Hall–Kier alpha value is -2.81. The van der Waals surface area contributed by atoms with E-state index in [-0.39, 0.29) is 12.4 Å². The zero-order chi connectivity index (χ0) is 15.4. The maximum absolute atomic E-state index is 12.3. The lowest BCUT2D eigenvalue weighted by Crippen LogP contribution is -2.11. The standard InChI is InChI=1S/C19H16O3/c1-21-18-10-9-14-7-8-15(11-16(14)12-18)19(20)13-22-17-5-3-2-4-6-17/h2-12H,13H2,1H3. The monoisotopic (exact) mass is 292 g/mol. The van der Waals surface area contributed by atoms with Gasteiger partial charge in [-0.15, -0.1) is 0 Å². The minimum absolute atomic E-state index is 0.0273. The number of rotatable bonds is 5. The van der Waals surface area contributed by atoms with E-state index in [0.717, 1.165) is 16.5 Å². The topological polar surface area (TPSA) is 35.5 Å². The molecule has 3 nitrogen and oxygen atoms in total. The number of carbonyl (C=O) groups is 1. The van der Waals surface area contributed by atoms with Crippen LogP contribution in [0.5, 0.6) is 11.5 Å². The molecule has 0 heterocycles. The number of ketones is 1. The number of methoxy groups -OCH3 is 1. The highest BCUT2D eigenvalue weighted by atomic mass is 16.5. The third kappa shape index (κ3) is 3.09. The molecule has 0 aliphatic carbocycles. The van der Waals surface area contributed by atoms with Crippen molar-refractivity contribution in [2.75, 3.05) is 13.7 Å². The van der Waals surface area contributed by atoms with Crippen LogP contribution in [-0.4, -0.2) is 19.5 Å². The number of carbonyl (C=O) groups excluding carboxylic acids is 1. The molecule has 0 unspecified atom stereocenters. The fraction of sp³-hybridized carbons (Fsp3) is 0.105. The molecule has 0 spiro atoms. The van der Waals surface area contributed by atoms with E-state index >= 15 is 0 Å². The number of para-hydroxylation sites is 1. The third-order valence-corrected chi connectivity index (χ3v) is 3.48. The minimum atomic E-state index is -0.0476. The van der Waals surface area contributed by atoms with Crippen LogP contribution in [0.1, 0.15) is 10.4 Å². The van der Waals surface area contributed by atoms with Crippen LogP contribution in [0.15, 0.2) is 66.7 Å². The van der Waals surface area contributed by atoms with Gasteiger partial charge in [-0.05, 0) is 41.1 Å². The summed E-state index contributed by atoms with van der Waals surface area (Å²) in [6.45, 7) is 0.0273. The fourth-order valence-corrected chi connectivity index (χ4v) is 2.27. The number of ether oxygens (including phenoxy) is 2. The second kappa shape index (κ2) is 6.31. The van der Waals surface area contributed by atoms with Gasteiger partial charge >= 0.3 is 0 Å². The maximum atomic E-state index is 12.3. The molecule has 3 aromatic rings. The Labute approximate surface area is 129 Å². The number of hydrogen-bond donors (Lipinski definition) is 0. The van der Waals surface area contributed by atoms with Gasteiger partial charge in [-0.3, -0.25) is 4.79 Å². The van der Waals surface area contributed by atoms with Crippen molar-refractivity contribution in [1.82, 2.24) is 0 Å². The fourth-order valence-electron chi connectivity index (χ4n) is 2.27. The van der Waals surface area contributed by atoms with Crippen LogP contribution < -0.4 is 9.47 Å². The van der Waals surface area contributed by atoms with Crippen LogP contribution in [-0.2, 0) is 0 Å². The molecule has 0 radical (unpaired) electrons. The van der Waals surface area contributed by atoms with Gasteiger partial charge in [0.15, 0.2) is 12.4 Å². The van der Waals surface area contributed by atoms with E-state index < -0.39 is 0 Å². The number of fused-ring (bicyclic) bond motifs is 1. The Balaban J connectivity index is 1.78. The summed E-state index contributed by atoms with van der Waals surface area (Å²) in [5.74, 6) is 1.42. The van der Waals surface area contributed by atoms with Crippen molar-refractivity contribution in [3.8, 4) is 11.5 Å². The molecule has 3 rings (SSSR count). The van der Waals surface area contributed by atoms with E-state index in [1.807, 2.05) is 66.7 Å². The van der Waals surface area contributed by atoms with E-state index in [0.29, 0.717) is 11.3 Å². The van der Waals surface area contributed by atoms with Crippen LogP contribution in [0.2, 0.25) is 0 Å². The smallest absolute Gasteiger partial charge is 0.200 e. The van der Waals surface area contributed by atoms with Crippen molar-refractivity contribution >= 4 is 16.6 Å². The molecule has 0 aromatic heterocycles. The molecule has 0 bridgehead atoms. The van der Waals surface area contributed by atoms with Crippen LogP contribution in [0.3, 0.4) is 0 Å². The lowest BCUT2D eigenvalue weighted by Gasteiger charge is -2.07. The Bertz CT molecular complexity index is 794. The first-order valence-corrected chi connectivity index (χ1v) is 7.05. The minimum Gasteiger partial charge on any atom is -0.497 e. The summed E-state index contributed by atoms with van der Waals surface area (Å²) in [5.41, 5.74) is 0.636. The lowest BCUT2D eigenvalue weighted by molar-refractivity contribution is 0.0921. The van der Waals surface area contributed by atoms with E-state index in [4.69, 9.17) is 9.47 Å². The molecule has 3 aromatic carbocycles. The molecule has 0 aliphatic rings. The first-order chi connectivity index (χ1) is 10.8. The molecule has 0 fully saturated rings. The largest absolute Gasteiger partial charge is 0.497 e. The number of Topliss-reactive ketones (excluding diaryl/α,β-unsaturated/α-hetero) is 1. The van der Waals surface area contributed by atoms with E-state index in [2.05, 4.69) is 0 Å². The predicted octanol–water partition coefficient (Wildman–Crippen LogP) is 4.11. The van der Waals surface area contributed by atoms with Crippen LogP contribution in [0.25, 0.3) is 10.8 Å². The predicted molar refractivity (Wildman–Crippen MR) is 86.8 cm³/mol. The van der Waals surface area contributed by atoms with Gasteiger partial charge < -0.3 is 9.47 Å². The van der Waals surface area contributed by atoms with Crippen molar-refractivity contribution in [3.05, 3.63) is 72.3 Å². The molecule has 0 saturated heterocycles. The number of benzene rings is 3. The highest BCUT2D eigenvalue weighted by molar-refractivity contribution is 6.01. The average Bonchev–Trinajstić information content (AvgIpc) is 2.59. The summed E-state index contributed by atoms with van der Waals surface area (Å²) < 4.78 is 10.7. The third-order valence-electron chi connectivity index (χ3n) is 3.48. The van der Waals surface area contributed by atoms with Crippen LogP contribution in [0.4, 0.5) is 0 Å². The van der Waals surface area contributed by atoms with Gasteiger partial charge in [-0.1, -0.05) is 36.4 Å². The summed E-state index contributed by atoms with van der Waals surface area (Å²) in [4.78, 5) is 12.3. The van der Waals surface area contributed by atoms with E-state index in [9.17, 15) is 4.79 Å². The molecule has 0 saturated carbocycles. The quantitative estimate of drug-likeness (QED) is 0.664. The summed E-state index contributed by atoms with van der Waals surface area (Å²) in [5, 5.41) is 2.05. The molecule has 110 valence electrons. The van der Waals surface area contributed by atoms with Crippen molar-refractivity contribution < 1.29 is 14.3 Å². The van der Waals surface area contributed by atoms with Gasteiger partial charge in [0, 0.05) is 5.56 Å². The second-order valence-electron chi connectivity index (χ2n) is 4.95. The molecular formula is C19H16O3. The maximum Gasteiger partial charge on any atom is 0.200 e. The highest BCUT2D eigenvalue weighted by Crippen LogP contribution is 2.22. The molecule has 0 N–H and O–H groups in total. The van der Waals surface area contributed by atoms with Crippen molar-refractivity contribution in [3.63, 3.8) is 0 Å². The Morgan fingerprint density at radius 1 is 0.864 bits per heavy atom. The number of hydrogen-bond acceptors (Lipinski definition) is 3. The SMILES string of the molecule is COc1ccc2ccc(C(=O)COc3ccccc3)cc2c1. The molecular weight excluding hydrogens is 276 g/mol. The summed E-state index contributed by atoms with van der Waals surface area (Å²) in [7, 11) is 1.63. The van der Waals surface area contributed by atoms with Gasteiger partial charge in [0.1, 0.15) is 11.5 Å². The van der Waals surface area contributed by atoms with E-state index in [1.54, 1.807) is 7.11 Å². The summed E-state index contributed by atoms with van der Waals surface area (Å²) in [6, 6.07) is 20.8. The lowest BCUT2D eigenvalue weighted by atomic mass is 10.0. The summed E-state index contributed by atoms with van der Waals surface area (Å²) >= 11 is 0. The normalized spacial score (nSPS) is 10.4. The molecule has 0 atom stereocenters. The average molecular weight is 292 g/mol. The molecule has 22 heavy (non-hydrogen) atoms. The first kappa shape index (κ1) is 14.1. The Morgan fingerprint density at radius 2 is 1.64 bits per heavy atom. The highest BCUT2D eigenvalue weighted by Gasteiger charge is 2.08. The zero-order valence-corrected chi connectivity index (χ0v) is 12.3. The summed E-state index contributed by atoms with van der Waals surface area (Å²) in [6.07, 6.45) is 0. The zero-order valence-electron chi connectivity index (χ0n) is 12.3. The van der Waals surface area contributed by atoms with Gasteiger partial charge in [0.05, 0.1) is 7.11 Å². The van der Waals surface area contributed by atoms with Gasteiger partial charge in [-0.25, -0.2) is 0 Å². The Morgan fingerprint density at radius 3 is 2.41 bits per heavy atom. The first-order valence-electron chi connectivity index (χ1n) is 7.05. The van der Waals surface area contributed by atoms with Crippen molar-refractivity contribution in [2.45, 2.75) is 0 Å². The van der Waals surface area contributed by atoms with Crippen molar-refractivity contribution in [1.29, 1.82) is 0 Å². The second-order valence-corrected chi connectivity index (χ2v) is 4.95. The van der Waals surface area contributed by atoms with Crippen molar-refractivity contribution in [2.24, 2.45) is 0 Å². The van der Waals surface area contributed by atoms with Gasteiger partial charge in [-0.2, -0.15) is 0 Å². The molecule has 3 heteroatoms. The Kier molecular flexibility index (Phi) is 4.05. The molecule has 0 aliphatic heterocycles. The van der Waals surface area contributed by atoms with Gasteiger partial charge in [0.25, 0.3) is 0 Å². The van der Waals surface area contributed by atoms with E-state index in [1.165, 1.54) is 0 Å². The van der Waals surface area contributed by atoms with Gasteiger partial charge in [0.2, 0.25) is 0 Å². The molecule has 0 amide bonds. The van der Waals surface area contributed by atoms with Crippen LogP contribution >= 0.6 is 0 Å². The van der Waals surface area contributed by atoms with Crippen LogP contribution in [0, 0.1) is 0 Å².